The van der Waals surface area contributed by atoms with E-state index in [0.29, 0.717) is 5.56 Å². The quantitative estimate of drug-likeness (QED) is 0.566. The summed E-state index contributed by atoms with van der Waals surface area (Å²) < 4.78 is 51.2. The Morgan fingerprint density at radius 1 is 0.821 bits per heavy atom. The van der Waals surface area contributed by atoms with Crippen molar-refractivity contribution in [3.05, 3.63) is 78.4 Å². The Morgan fingerprint density at radius 3 is 2.14 bits per heavy atom. The van der Waals surface area contributed by atoms with Crippen molar-refractivity contribution >= 4 is 25.7 Å². The summed E-state index contributed by atoms with van der Waals surface area (Å²) in [7, 11) is -8.14. The number of benzene rings is 3. The fraction of sp³-hybridized carbons (Fsp3) is 0.0526. The summed E-state index contributed by atoms with van der Waals surface area (Å²) in [5.41, 5.74) is 2.06. The minimum absolute atomic E-state index is 0.0274. The predicted molar refractivity (Wildman–Crippen MR) is 106 cm³/mol. The first-order chi connectivity index (χ1) is 13.2. The molecular formula is C19H18N2O5S2. The normalized spacial score (nSPS) is 11.9. The monoisotopic (exact) mass is 418 g/mol. The van der Waals surface area contributed by atoms with Crippen molar-refractivity contribution in [1.29, 1.82) is 0 Å². The highest BCUT2D eigenvalue weighted by molar-refractivity contribution is 7.93. The van der Waals surface area contributed by atoms with Crippen molar-refractivity contribution in [3.63, 3.8) is 0 Å². The zero-order valence-electron chi connectivity index (χ0n) is 14.6. The molecule has 4 N–H and O–H groups in total. The van der Waals surface area contributed by atoms with Crippen molar-refractivity contribution in [3.8, 4) is 11.1 Å². The maximum atomic E-state index is 12.8. The van der Waals surface area contributed by atoms with Crippen LogP contribution >= 0.6 is 0 Å². The number of primary sulfonamides is 1. The first-order valence-corrected chi connectivity index (χ1v) is 11.2. The number of anilines is 1. The van der Waals surface area contributed by atoms with E-state index < -0.39 is 20.0 Å². The van der Waals surface area contributed by atoms with E-state index in [9.17, 15) is 16.8 Å². The molecule has 3 rings (SSSR count). The summed E-state index contributed by atoms with van der Waals surface area (Å²) >= 11 is 0. The van der Waals surface area contributed by atoms with Gasteiger partial charge in [0.1, 0.15) is 4.90 Å². The Bertz CT molecular complexity index is 1210. The van der Waals surface area contributed by atoms with Crippen molar-refractivity contribution in [2.45, 2.75) is 16.4 Å². The minimum Gasteiger partial charge on any atom is -0.392 e. The maximum Gasteiger partial charge on any atom is 0.261 e. The summed E-state index contributed by atoms with van der Waals surface area (Å²) in [6, 6.07) is 18.8. The molecule has 0 atom stereocenters. The Labute approximate surface area is 163 Å². The third-order valence-electron chi connectivity index (χ3n) is 4.05. The number of aliphatic hydroxyl groups excluding tert-OH is 1. The second-order valence-electron chi connectivity index (χ2n) is 6.03. The SMILES string of the molecule is NS(=O)(=O)c1ccccc1NS(=O)(=O)c1cccc(-c2ccc(CO)cc2)c1. The molecule has 0 saturated heterocycles. The molecule has 0 radical (unpaired) electrons. The first-order valence-electron chi connectivity index (χ1n) is 8.15. The van der Waals surface area contributed by atoms with Gasteiger partial charge in [-0.05, 0) is 41.0 Å². The van der Waals surface area contributed by atoms with Gasteiger partial charge in [-0.2, -0.15) is 0 Å². The van der Waals surface area contributed by atoms with Crippen molar-refractivity contribution in [2.24, 2.45) is 5.14 Å². The molecular weight excluding hydrogens is 400 g/mol. The molecule has 146 valence electrons. The number of hydrogen-bond donors (Lipinski definition) is 3. The molecule has 0 bridgehead atoms. The van der Waals surface area contributed by atoms with Crippen LogP contribution in [0, 0.1) is 0 Å². The number of sulfonamides is 2. The molecule has 0 heterocycles. The van der Waals surface area contributed by atoms with Crippen LogP contribution in [-0.2, 0) is 26.7 Å². The number of nitrogens with one attached hydrogen (secondary N) is 1. The lowest BCUT2D eigenvalue weighted by Crippen LogP contribution is -2.18. The molecule has 7 nitrogen and oxygen atoms in total. The second-order valence-corrected chi connectivity index (χ2v) is 9.24. The van der Waals surface area contributed by atoms with Crippen LogP contribution in [0.3, 0.4) is 0 Å². The lowest BCUT2D eigenvalue weighted by Gasteiger charge is -2.12. The smallest absolute Gasteiger partial charge is 0.261 e. The van der Waals surface area contributed by atoms with E-state index in [-0.39, 0.29) is 22.1 Å². The molecule has 0 aliphatic heterocycles. The van der Waals surface area contributed by atoms with Gasteiger partial charge in [-0.1, -0.05) is 48.5 Å². The van der Waals surface area contributed by atoms with E-state index in [4.69, 9.17) is 10.2 Å². The number of aliphatic hydroxyl groups is 1. The third kappa shape index (κ3) is 4.39. The predicted octanol–water partition coefficient (Wildman–Crippen LogP) is 2.29. The van der Waals surface area contributed by atoms with Crippen LogP contribution in [0.2, 0.25) is 0 Å². The van der Waals surface area contributed by atoms with Gasteiger partial charge in [0.15, 0.2) is 0 Å². The van der Waals surface area contributed by atoms with Gasteiger partial charge in [0.2, 0.25) is 10.0 Å². The second kappa shape index (κ2) is 7.72. The highest BCUT2D eigenvalue weighted by atomic mass is 32.2. The lowest BCUT2D eigenvalue weighted by atomic mass is 10.0. The number of hydrogen-bond acceptors (Lipinski definition) is 5. The Morgan fingerprint density at radius 2 is 1.50 bits per heavy atom. The molecule has 3 aromatic carbocycles. The van der Waals surface area contributed by atoms with Crippen molar-refractivity contribution in [2.75, 3.05) is 4.72 Å². The van der Waals surface area contributed by atoms with Crippen LogP contribution < -0.4 is 9.86 Å². The third-order valence-corrected chi connectivity index (χ3v) is 6.38. The largest absolute Gasteiger partial charge is 0.392 e. The standard InChI is InChI=1S/C19H18N2O5S2/c20-27(23,24)19-7-2-1-6-18(19)21-28(25,26)17-5-3-4-16(12-17)15-10-8-14(13-22)9-11-15/h1-12,21-22H,13H2,(H2,20,23,24). The van der Waals surface area contributed by atoms with Gasteiger partial charge in [0, 0.05) is 0 Å². The molecule has 28 heavy (non-hydrogen) atoms. The van der Waals surface area contributed by atoms with Gasteiger partial charge in [0.25, 0.3) is 10.0 Å². The number of para-hydroxylation sites is 1. The van der Waals surface area contributed by atoms with Crippen LogP contribution in [0.5, 0.6) is 0 Å². The molecule has 9 heteroatoms. The van der Waals surface area contributed by atoms with E-state index in [0.717, 1.165) is 11.1 Å². The molecule has 0 saturated carbocycles. The van der Waals surface area contributed by atoms with Crippen molar-refractivity contribution < 1.29 is 21.9 Å². The van der Waals surface area contributed by atoms with E-state index in [1.165, 1.54) is 36.4 Å². The minimum atomic E-state index is -4.09. The van der Waals surface area contributed by atoms with Gasteiger partial charge < -0.3 is 5.11 Å². The van der Waals surface area contributed by atoms with E-state index in [1.807, 2.05) is 0 Å². The van der Waals surface area contributed by atoms with Gasteiger partial charge in [-0.15, -0.1) is 0 Å². The summed E-state index contributed by atoms with van der Waals surface area (Å²) in [6.45, 7) is -0.0813. The Balaban J connectivity index is 1.97. The molecule has 0 fully saturated rings. The Kier molecular flexibility index (Phi) is 5.52. The van der Waals surface area contributed by atoms with Crippen LogP contribution in [0.4, 0.5) is 5.69 Å². The lowest BCUT2D eigenvalue weighted by molar-refractivity contribution is 0.282. The van der Waals surface area contributed by atoms with Crippen LogP contribution in [0.15, 0.2) is 82.6 Å². The van der Waals surface area contributed by atoms with Gasteiger partial charge in [-0.25, -0.2) is 22.0 Å². The van der Waals surface area contributed by atoms with Crippen LogP contribution in [-0.4, -0.2) is 21.9 Å². The van der Waals surface area contributed by atoms with Crippen LogP contribution in [0.25, 0.3) is 11.1 Å². The topological polar surface area (TPSA) is 127 Å². The molecule has 0 unspecified atom stereocenters. The van der Waals surface area contributed by atoms with Crippen molar-refractivity contribution in [1.82, 2.24) is 0 Å². The van der Waals surface area contributed by atoms with E-state index in [1.54, 1.807) is 36.4 Å². The fourth-order valence-corrected chi connectivity index (χ4v) is 4.53. The highest BCUT2D eigenvalue weighted by Crippen LogP contribution is 2.26. The number of rotatable bonds is 6. The van der Waals surface area contributed by atoms with Crippen LogP contribution in [0.1, 0.15) is 5.56 Å². The van der Waals surface area contributed by atoms with E-state index in [2.05, 4.69) is 4.72 Å². The molecule has 0 amide bonds. The Hall–Kier alpha value is -2.72. The first kappa shape index (κ1) is 20.0. The summed E-state index contributed by atoms with van der Waals surface area (Å²) in [4.78, 5) is -0.338. The highest BCUT2D eigenvalue weighted by Gasteiger charge is 2.20. The average molecular weight is 418 g/mol. The molecule has 0 aliphatic carbocycles. The zero-order valence-corrected chi connectivity index (χ0v) is 16.2. The summed E-state index contributed by atoms with van der Waals surface area (Å²) in [5, 5.41) is 14.3. The molecule has 0 aromatic heterocycles. The average Bonchev–Trinajstić information content (AvgIpc) is 2.67. The maximum absolute atomic E-state index is 12.8. The molecule has 0 spiro atoms. The summed E-state index contributed by atoms with van der Waals surface area (Å²) in [5.74, 6) is 0. The molecule has 0 aliphatic rings. The van der Waals surface area contributed by atoms with Gasteiger partial charge in [-0.3, -0.25) is 4.72 Å². The fourth-order valence-electron chi connectivity index (χ4n) is 2.65. The zero-order chi connectivity index (χ0) is 20.4. The van der Waals surface area contributed by atoms with Gasteiger partial charge in [0.05, 0.1) is 17.2 Å². The van der Waals surface area contributed by atoms with Gasteiger partial charge >= 0.3 is 0 Å². The summed E-state index contributed by atoms with van der Waals surface area (Å²) in [6.07, 6.45) is 0. The van der Waals surface area contributed by atoms with E-state index >= 15 is 0 Å². The number of nitrogens with two attached hydrogens (primary N) is 1. The molecule has 3 aromatic rings.